The molecule has 0 amide bonds. The Hall–Kier alpha value is -1.70. The Morgan fingerprint density at radius 1 is 1.40 bits per heavy atom. The zero-order valence-electron chi connectivity index (χ0n) is 11.4. The Balaban J connectivity index is 2.17. The summed E-state index contributed by atoms with van der Waals surface area (Å²) in [4.78, 5) is 0.144. The molecule has 2 rings (SSSR count). The lowest BCUT2D eigenvalue weighted by atomic mass is 10.2. The Morgan fingerprint density at radius 2 is 2.15 bits per heavy atom. The smallest absolute Gasteiger partial charge is 0.240 e. The predicted molar refractivity (Wildman–Crippen MR) is 74.3 cm³/mol. The van der Waals surface area contributed by atoms with Crippen LogP contribution < -0.4 is 4.72 Å². The third-order valence-electron chi connectivity index (χ3n) is 3.18. The summed E-state index contributed by atoms with van der Waals surface area (Å²) >= 11 is 0. The maximum atomic E-state index is 12.2. The molecule has 0 radical (unpaired) electrons. The second-order valence-corrected chi connectivity index (χ2v) is 6.28. The van der Waals surface area contributed by atoms with Gasteiger partial charge in [-0.25, -0.2) is 13.1 Å². The van der Waals surface area contributed by atoms with Crippen molar-refractivity contribution in [1.82, 2.24) is 14.5 Å². The molecular formula is C13H17N3O3S. The van der Waals surface area contributed by atoms with Gasteiger partial charge in [-0.2, -0.15) is 5.10 Å². The van der Waals surface area contributed by atoms with Crippen molar-refractivity contribution in [1.29, 1.82) is 0 Å². The number of sulfonamides is 1. The number of benzene rings is 1. The Kier molecular flexibility index (Phi) is 4.22. The summed E-state index contributed by atoms with van der Waals surface area (Å²) in [6.45, 7) is 1.87. The molecule has 1 aromatic carbocycles. The molecule has 2 N–H and O–H groups in total. The summed E-state index contributed by atoms with van der Waals surface area (Å²) in [5, 5.41) is 13.1. The minimum atomic E-state index is -3.60. The minimum Gasteiger partial charge on any atom is -0.392 e. The molecule has 7 heteroatoms. The first-order valence-electron chi connectivity index (χ1n) is 6.11. The standard InChI is InChI=1S/C13H17N3O3S/c1-10-12(7-14-16(10)2)8-15-20(18,19)13-5-3-4-11(6-13)9-17/h3-7,15,17H,8-9H2,1-2H3. The lowest BCUT2D eigenvalue weighted by Gasteiger charge is -2.07. The predicted octanol–water partition coefficient (Wildman–Crippen LogP) is 0.699. The first-order chi connectivity index (χ1) is 9.44. The van der Waals surface area contributed by atoms with Crippen LogP contribution in [0.1, 0.15) is 16.8 Å². The van der Waals surface area contributed by atoms with E-state index in [1.54, 1.807) is 30.1 Å². The van der Waals surface area contributed by atoms with Gasteiger partial charge in [-0.1, -0.05) is 12.1 Å². The quantitative estimate of drug-likeness (QED) is 0.850. The van der Waals surface area contributed by atoms with E-state index in [1.165, 1.54) is 12.1 Å². The van der Waals surface area contributed by atoms with E-state index in [0.717, 1.165) is 11.3 Å². The Bertz CT molecular complexity index is 707. The molecule has 0 saturated carbocycles. The number of nitrogens with zero attached hydrogens (tertiary/aromatic N) is 2. The molecule has 0 fully saturated rings. The lowest BCUT2D eigenvalue weighted by molar-refractivity contribution is 0.281. The second-order valence-electron chi connectivity index (χ2n) is 4.51. The summed E-state index contributed by atoms with van der Waals surface area (Å²) in [6.07, 6.45) is 1.64. The van der Waals surface area contributed by atoms with Gasteiger partial charge in [0.1, 0.15) is 0 Å². The van der Waals surface area contributed by atoms with Crippen molar-refractivity contribution in [2.24, 2.45) is 7.05 Å². The third-order valence-corrected chi connectivity index (χ3v) is 4.58. The molecule has 1 heterocycles. The fraction of sp³-hybridized carbons (Fsp3) is 0.308. The number of hydrogen-bond acceptors (Lipinski definition) is 4. The molecule has 108 valence electrons. The maximum Gasteiger partial charge on any atom is 0.240 e. The van der Waals surface area contributed by atoms with Gasteiger partial charge in [-0.05, 0) is 24.6 Å². The van der Waals surface area contributed by atoms with Crippen LogP contribution in [0.3, 0.4) is 0 Å². The number of aromatic nitrogens is 2. The molecule has 0 atom stereocenters. The Labute approximate surface area is 118 Å². The normalized spacial score (nSPS) is 11.8. The van der Waals surface area contributed by atoms with E-state index in [1.807, 2.05) is 6.92 Å². The largest absolute Gasteiger partial charge is 0.392 e. The van der Waals surface area contributed by atoms with E-state index in [4.69, 9.17) is 5.11 Å². The molecule has 0 bridgehead atoms. The molecule has 0 spiro atoms. The summed E-state index contributed by atoms with van der Waals surface area (Å²) in [6, 6.07) is 6.23. The van der Waals surface area contributed by atoms with Crippen molar-refractivity contribution in [2.75, 3.05) is 0 Å². The first-order valence-corrected chi connectivity index (χ1v) is 7.59. The highest BCUT2D eigenvalue weighted by Crippen LogP contribution is 2.13. The summed E-state index contributed by atoms with van der Waals surface area (Å²) < 4.78 is 28.6. The number of hydrogen-bond donors (Lipinski definition) is 2. The van der Waals surface area contributed by atoms with Crippen molar-refractivity contribution >= 4 is 10.0 Å². The number of aliphatic hydroxyl groups excluding tert-OH is 1. The van der Waals surface area contributed by atoms with Gasteiger partial charge in [0.05, 0.1) is 17.7 Å². The summed E-state index contributed by atoms with van der Waals surface area (Å²) in [5.74, 6) is 0. The van der Waals surface area contributed by atoms with Crippen molar-refractivity contribution in [2.45, 2.75) is 25.0 Å². The Morgan fingerprint density at radius 3 is 2.75 bits per heavy atom. The maximum absolute atomic E-state index is 12.2. The average molecular weight is 295 g/mol. The van der Waals surface area contributed by atoms with Gasteiger partial charge < -0.3 is 5.11 Å². The van der Waals surface area contributed by atoms with Crippen LogP contribution in [-0.2, 0) is 30.2 Å². The topological polar surface area (TPSA) is 84.2 Å². The summed E-state index contributed by atoms with van der Waals surface area (Å²) in [5.41, 5.74) is 2.30. The van der Waals surface area contributed by atoms with E-state index < -0.39 is 10.0 Å². The molecule has 2 aromatic rings. The molecule has 0 unspecified atom stereocenters. The molecule has 0 aliphatic carbocycles. The van der Waals surface area contributed by atoms with Gasteiger partial charge in [-0.3, -0.25) is 4.68 Å². The van der Waals surface area contributed by atoms with Crippen molar-refractivity contribution < 1.29 is 13.5 Å². The molecule has 20 heavy (non-hydrogen) atoms. The highest BCUT2D eigenvalue weighted by atomic mass is 32.2. The number of nitrogens with one attached hydrogen (secondary N) is 1. The average Bonchev–Trinajstić information content (AvgIpc) is 2.77. The van der Waals surface area contributed by atoms with E-state index >= 15 is 0 Å². The van der Waals surface area contributed by atoms with Crippen LogP contribution in [-0.4, -0.2) is 23.3 Å². The molecule has 0 aliphatic heterocycles. The first kappa shape index (κ1) is 14.7. The van der Waals surface area contributed by atoms with E-state index in [-0.39, 0.29) is 18.0 Å². The van der Waals surface area contributed by atoms with Crippen LogP contribution in [0, 0.1) is 6.92 Å². The number of aliphatic hydroxyl groups is 1. The number of aryl methyl sites for hydroxylation is 1. The van der Waals surface area contributed by atoms with Crippen LogP contribution in [0.25, 0.3) is 0 Å². The van der Waals surface area contributed by atoms with Crippen LogP contribution in [0.5, 0.6) is 0 Å². The molecule has 0 aliphatic rings. The fourth-order valence-electron chi connectivity index (χ4n) is 1.78. The van der Waals surface area contributed by atoms with E-state index in [2.05, 4.69) is 9.82 Å². The fourth-order valence-corrected chi connectivity index (χ4v) is 2.86. The molecule has 6 nitrogen and oxygen atoms in total. The molecular weight excluding hydrogens is 278 g/mol. The van der Waals surface area contributed by atoms with Crippen molar-refractivity contribution in [3.63, 3.8) is 0 Å². The third kappa shape index (κ3) is 3.06. The van der Waals surface area contributed by atoms with E-state index in [9.17, 15) is 8.42 Å². The van der Waals surface area contributed by atoms with E-state index in [0.29, 0.717) is 5.56 Å². The lowest BCUT2D eigenvalue weighted by Crippen LogP contribution is -2.23. The second kappa shape index (κ2) is 5.74. The van der Waals surface area contributed by atoms with Gasteiger partial charge in [0, 0.05) is 24.8 Å². The van der Waals surface area contributed by atoms with Crippen molar-refractivity contribution in [3.8, 4) is 0 Å². The van der Waals surface area contributed by atoms with Crippen LogP contribution in [0.2, 0.25) is 0 Å². The SMILES string of the molecule is Cc1c(CNS(=O)(=O)c2cccc(CO)c2)cnn1C. The van der Waals surface area contributed by atoms with Gasteiger partial charge in [0.2, 0.25) is 10.0 Å². The van der Waals surface area contributed by atoms with Gasteiger partial charge in [0.15, 0.2) is 0 Å². The molecule has 1 aromatic heterocycles. The zero-order chi connectivity index (χ0) is 14.8. The zero-order valence-corrected chi connectivity index (χ0v) is 12.2. The number of rotatable bonds is 5. The highest BCUT2D eigenvalue weighted by molar-refractivity contribution is 7.89. The summed E-state index contributed by atoms with van der Waals surface area (Å²) in [7, 11) is -1.79. The van der Waals surface area contributed by atoms with Gasteiger partial charge in [-0.15, -0.1) is 0 Å². The van der Waals surface area contributed by atoms with Crippen molar-refractivity contribution in [3.05, 3.63) is 47.3 Å². The van der Waals surface area contributed by atoms with Crippen LogP contribution in [0.4, 0.5) is 0 Å². The van der Waals surface area contributed by atoms with Gasteiger partial charge >= 0.3 is 0 Å². The van der Waals surface area contributed by atoms with Gasteiger partial charge in [0.25, 0.3) is 0 Å². The molecule has 0 saturated heterocycles. The van der Waals surface area contributed by atoms with Crippen LogP contribution >= 0.6 is 0 Å². The monoisotopic (exact) mass is 295 g/mol. The minimum absolute atomic E-state index is 0.144. The van der Waals surface area contributed by atoms with Crippen LogP contribution in [0.15, 0.2) is 35.4 Å². The highest BCUT2D eigenvalue weighted by Gasteiger charge is 2.15.